The van der Waals surface area contributed by atoms with Crippen LogP contribution in [0.1, 0.15) is 61.3 Å². The zero-order chi connectivity index (χ0) is 12.4. The molecule has 0 spiro atoms. The van der Waals surface area contributed by atoms with Crippen LogP contribution >= 0.6 is 0 Å². The molecule has 0 aromatic carbocycles. The summed E-state index contributed by atoms with van der Waals surface area (Å²) in [6.45, 7) is 17.7. The molecule has 0 saturated heterocycles. The highest BCUT2D eigenvalue weighted by molar-refractivity contribution is 5.22. The molecule has 0 radical (unpaired) electrons. The SMILES string of the molecule is C/C=C(\C)CC.C=NC.CC.CCC. The van der Waals surface area contributed by atoms with Gasteiger partial charge in [0.05, 0.1) is 0 Å². The van der Waals surface area contributed by atoms with E-state index in [4.69, 9.17) is 0 Å². The van der Waals surface area contributed by atoms with Gasteiger partial charge in [-0.15, -0.1) is 0 Å². The van der Waals surface area contributed by atoms with Crippen molar-refractivity contribution in [1.82, 2.24) is 0 Å². The maximum Gasteiger partial charge on any atom is 0.0269 e. The van der Waals surface area contributed by atoms with Crippen LogP contribution in [0.5, 0.6) is 0 Å². The molecule has 0 unspecified atom stereocenters. The standard InChI is InChI=1S/C6H12.C3H8.C2H5N.C2H6/c1-4-6(3)5-2;2*1-3-2;1-2/h4H,5H2,1-3H3;3H2,1-2H3;1H2,2H3;1-2H3/b6-4+;;;. The van der Waals surface area contributed by atoms with Crippen LogP contribution in [0.25, 0.3) is 0 Å². The number of allylic oxidation sites excluding steroid dienone is 2. The van der Waals surface area contributed by atoms with Crippen molar-refractivity contribution >= 4 is 6.72 Å². The van der Waals surface area contributed by atoms with Crippen molar-refractivity contribution in [2.75, 3.05) is 7.05 Å². The van der Waals surface area contributed by atoms with Gasteiger partial charge >= 0.3 is 0 Å². The zero-order valence-electron chi connectivity index (χ0n) is 11.6. The average Bonchev–Trinajstić information content (AvgIpc) is 2.22. The first kappa shape index (κ1) is 23.3. The fourth-order valence-corrected chi connectivity index (χ4v) is 0.204. The fourth-order valence-electron chi connectivity index (χ4n) is 0.204. The second-order valence-corrected chi connectivity index (χ2v) is 2.51. The van der Waals surface area contributed by atoms with Crippen molar-refractivity contribution in [3.8, 4) is 0 Å². The maximum absolute atomic E-state index is 3.25. The van der Waals surface area contributed by atoms with Crippen LogP contribution in [0.2, 0.25) is 0 Å². The summed E-state index contributed by atoms with van der Waals surface area (Å²) in [5, 5.41) is 0. The number of hydrogen-bond acceptors (Lipinski definition) is 1. The number of nitrogens with zero attached hydrogens (tertiary/aromatic N) is 1. The lowest BCUT2D eigenvalue weighted by Gasteiger charge is -1.85. The molecule has 0 fully saturated rings. The largest absolute Gasteiger partial charge is 0.304 e. The van der Waals surface area contributed by atoms with E-state index in [0.29, 0.717) is 0 Å². The molecule has 0 heterocycles. The van der Waals surface area contributed by atoms with E-state index in [1.54, 1.807) is 7.05 Å². The second kappa shape index (κ2) is 39.3. The summed E-state index contributed by atoms with van der Waals surface area (Å²) in [6.07, 6.45) is 4.58. The quantitative estimate of drug-likeness (QED) is 0.412. The fraction of sp³-hybridized carbons (Fsp3) is 0.769. The predicted octanol–water partition coefficient (Wildman–Crippen LogP) is 5.12. The summed E-state index contributed by atoms with van der Waals surface area (Å²) in [5.74, 6) is 0. The van der Waals surface area contributed by atoms with Crippen molar-refractivity contribution in [1.29, 1.82) is 0 Å². The van der Waals surface area contributed by atoms with Gasteiger partial charge in [-0.3, -0.25) is 0 Å². The molecule has 0 atom stereocenters. The van der Waals surface area contributed by atoms with Gasteiger partial charge in [-0.25, -0.2) is 0 Å². The molecule has 0 aliphatic carbocycles. The van der Waals surface area contributed by atoms with Gasteiger partial charge in [-0.05, 0) is 27.0 Å². The Hall–Kier alpha value is -0.590. The highest BCUT2D eigenvalue weighted by Gasteiger charge is 1.73. The average molecular weight is 201 g/mol. The molecule has 1 heteroatoms. The molecule has 1 nitrogen and oxygen atoms in total. The summed E-state index contributed by atoms with van der Waals surface area (Å²) >= 11 is 0. The summed E-state index contributed by atoms with van der Waals surface area (Å²) in [5.41, 5.74) is 1.47. The van der Waals surface area contributed by atoms with Crippen molar-refractivity contribution in [3.63, 3.8) is 0 Å². The molecule has 0 saturated carbocycles. The Balaban J connectivity index is -0.0000000536. The third-order valence-corrected chi connectivity index (χ3v) is 1.05. The van der Waals surface area contributed by atoms with E-state index in [1.807, 2.05) is 13.8 Å². The first-order chi connectivity index (χ1) is 6.64. The van der Waals surface area contributed by atoms with E-state index in [1.165, 1.54) is 18.4 Å². The van der Waals surface area contributed by atoms with Crippen LogP contribution in [0.3, 0.4) is 0 Å². The molecule has 0 aliphatic heterocycles. The molecule has 14 heavy (non-hydrogen) atoms. The van der Waals surface area contributed by atoms with Gasteiger partial charge in [-0.1, -0.05) is 52.7 Å². The van der Waals surface area contributed by atoms with Crippen LogP contribution < -0.4 is 0 Å². The van der Waals surface area contributed by atoms with Gasteiger partial charge in [-0.2, -0.15) is 0 Å². The Kier molecular flexibility index (Phi) is 65.5. The third kappa shape index (κ3) is 106. The molecule has 0 aliphatic rings. The molecular weight excluding hydrogens is 170 g/mol. The van der Waals surface area contributed by atoms with Gasteiger partial charge < -0.3 is 4.99 Å². The second-order valence-electron chi connectivity index (χ2n) is 2.51. The smallest absolute Gasteiger partial charge is 0.0269 e. The summed E-state index contributed by atoms with van der Waals surface area (Å²) in [6, 6.07) is 0. The lowest BCUT2D eigenvalue weighted by molar-refractivity contribution is 1.09. The highest BCUT2D eigenvalue weighted by atomic mass is 14.6. The van der Waals surface area contributed by atoms with Gasteiger partial charge in [0.15, 0.2) is 0 Å². The number of aliphatic imine (C=N–C) groups is 1. The topological polar surface area (TPSA) is 12.4 Å². The normalized spacial score (nSPS) is 7.86. The van der Waals surface area contributed by atoms with Crippen LogP contribution in [0.4, 0.5) is 0 Å². The monoisotopic (exact) mass is 201 g/mol. The minimum atomic E-state index is 1.19. The lowest BCUT2D eigenvalue weighted by Crippen LogP contribution is -1.63. The molecule has 0 amide bonds. The van der Waals surface area contributed by atoms with Crippen molar-refractivity contribution < 1.29 is 0 Å². The van der Waals surface area contributed by atoms with Crippen molar-refractivity contribution in [2.45, 2.75) is 61.3 Å². The Morgan fingerprint density at radius 1 is 1.21 bits per heavy atom. The van der Waals surface area contributed by atoms with Gasteiger partial charge in [0.2, 0.25) is 0 Å². The summed E-state index contributed by atoms with van der Waals surface area (Å²) in [7, 11) is 1.64. The van der Waals surface area contributed by atoms with E-state index in [0.717, 1.165) is 0 Å². The minimum Gasteiger partial charge on any atom is -0.304 e. The molecule has 0 aromatic rings. The van der Waals surface area contributed by atoms with Gasteiger partial charge in [0.25, 0.3) is 0 Å². The predicted molar refractivity (Wildman–Crippen MR) is 72.5 cm³/mol. The van der Waals surface area contributed by atoms with E-state index in [-0.39, 0.29) is 0 Å². The third-order valence-electron chi connectivity index (χ3n) is 1.05. The summed E-state index contributed by atoms with van der Waals surface area (Å²) < 4.78 is 0. The van der Waals surface area contributed by atoms with Crippen molar-refractivity contribution in [2.24, 2.45) is 4.99 Å². The Morgan fingerprint density at radius 3 is 1.43 bits per heavy atom. The molecule has 0 bridgehead atoms. The number of rotatable bonds is 1. The maximum atomic E-state index is 3.25. The summed E-state index contributed by atoms with van der Waals surface area (Å²) in [4.78, 5) is 3.25. The van der Waals surface area contributed by atoms with Gasteiger partial charge in [0.1, 0.15) is 0 Å². The Morgan fingerprint density at radius 2 is 1.43 bits per heavy atom. The van der Waals surface area contributed by atoms with E-state index in [2.05, 4.69) is 52.4 Å². The first-order valence-corrected chi connectivity index (χ1v) is 5.60. The molecule has 0 aromatic heterocycles. The molecular formula is C13H31N. The first-order valence-electron chi connectivity index (χ1n) is 5.60. The molecule has 0 rings (SSSR count). The van der Waals surface area contributed by atoms with Crippen LogP contribution in [0.15, 0.2) is 16.6 Å². The lowest BCUT2D eigenvalue weighted by atomic mass is 10.2. The molecule has 88 valence electrons. The molecule has 0 N–H and O–H groups in total. The van der Waals surface area contributed by atoms with Crippen LogP contribution in [-0.4, -0.2) is 13.8 Å². The zero-order valence-corrected chi connectivity index (χ0v) is 11.6. The van der Waals surface area contributed by atoms with E-state index >= 15 is 0 Å². The Labute approximate surface area is 92.3 Å². The van der Waals surface area contributed by atoms with E-state index in [9.17, 15) is 0 Å². The highest BCUT2D eigenvalue weighted by Crippen LogP contribution is 1.94. The van der Waals surface area contributed by atoms with Crippen molar-refractivity contribution in [3.05, 3.63) is 11.6 Å². The van der Waals surface area contributed by atoms with Gasteiger partial charge in [0, 0.05) is 7.05 Å². The Bertz CT molecular complexity index is 93.4. The number of hydrogen-bond donors (Lipinski definition) is 0. The van der Waals surface area contributed by atoms with Crippen LogP contribution in [-0.2, 0) is 0 Å². The minimum absolute atomic E-state index is 1.19. The van der Waals surface area contributed by atoms with Crippen LogP contribution in [0, 0.1) is 0 Å². The van der Waals surface area contributed by atoms with E-state index < -0.39 is 0 Å².